The standard InChI is InChI=1S/C28H38O4S/c1-17-15-22(19(3)20(4)24(29)21-11-13-23(33-10)14-12-21)16-18(2)25(17)31-28(8,9)26(30)32-27(5,6)7/h11-16,19-20H,1-10H3. The monoisotopic (exact) mass is 470 g/mol. The smallest absolute Gasteiger partial charge is 0.350 e. The second kappa shape index (κ2) is 10.3. The summed E-state index contributed by atoms with van der Waals surface area (Å²) in [6.45, 7) is 17.0. The van der Waals surface area contributed by atoms with Gasteiger partial charge < -0.3 is 9.47 Å². The van der Waals surface area contributed by atoms with E-state index < -0.39 is 17.2 Å². The van der Waals surface area contributed by atoms with Crippen LogP contribution in [0.4, 0.5) is 0 Å². The number of rotatable bonds is 8. The molecule has 0 aliphatic rings. The molecule has 0 amide bonds. The predicted molar refractivity (Wildman–Crippen MR) is 137 cm³/mol. The van der Waals surface area contributed by atoms with Gasteiger partial charge in [-0.2, -0.15) is 0 Å². The Balaban J connectivity index is 2.24. The first-order valence-corrected chi connectivity index (χ1v) is 12.6. The quantitative estimate of drug-likeness (QED) is 0.233. The molecule has 0 aromatic heterocycles. The van der Waals surface area contributed by atoms with Gasteiger partial charge in [0.05, 0.1) is 0 Å². The van der Waals surface area contributed by atoms with Gasteiger partial charge in [-0.15, -0.1) is 11.8 Å². The molecule has 5 heteroatoms. The molecule has 0 bridgehead atoms. The summed E-state index contributed by atoms with van der Waals surface area (Å²) in [4.78, 5) is 26.9. The maximum absolute atomic E-state index is 13.1. The number of hydrogen-bond acceptors (Lipinski definition) is 5. The van der Waals surface area contributed by atoms with Crippen LogP contribution in [0.3, 0.4) is 0 Å². The average molecular weight is 471 g/mol. The molecule has 0 saturated heterocycles. The van der Waals surface area contributed by atoms with Crippen LogP contribution < -0.4 is 4.74 Å². The van der Waals surface area contributed by atoms with Gasteiger partial charge in [0.25, 0.3) is 0 Å². The molecule has 2 atom stereocenters. The van der Waals surface area contributed by atoms with E-state index >= 15 is 0 Å². The third kappa shape index (κ3) is 6.86. The van der Waals surface area contributed by atoms with E-state index in [1.54, 1.807) is 25.6 Å². The molecule has 0 radical (unpaired) electrons. The van der Waals surface area contributed by atoms with Gasteiger partial charge in [0.2, 0.25) is 0 Å². The lowest BCUT2D eigenvalue weighted by atomic mass is 9.82. The maximum atomic E-state index is 13.1. The molecule has 0 saturated carbocycles. The van der Waals surface area contributed by atoms with Crippen LogP contribution >= 0.6 is 11.8 Å². The minimum absolute atomic E-state index is 0.0306. The molecule has 2 aromatic carbocycles. The number of ketones is 1. The molecule has 2 unspecified atom stereocenters. The van der Waals surface area contributed by atoms with E-state index in [0.717, 1.165) is 27.1 Å². The zero-order valence-electron chi connectivity index (χ0n) is 21.7. The number of ether oxygens (including phenoxy) is 2. The second-order valence-electron chi connectivity index (χ2n) is 10.3. The molecule has 0 aliphatic heterocycles. The average Bonchev–Trinajstić information content (AvgIpc) is 2.73. The zero-order valence-corrected chi connectivity index (χ0v) is 22.5. The van der Waals surface area contributed by atoms with Crippen molar-refractivity contribution in [3.63, 3.8) is 0 Å². The molecule has 0 spiro atoms. The summed E-state index contributed by atoms with van der Waals surface area (Å²) in [7, 11) is 0. The summed E-state index contributed by atoms with van der Waals surface area (Å²) in [6.07, 6.45) is 2.02. The summed E-state index contributed by atoms with van der Waals surface area (Å²) in [5.41, 5.74) is 1.96. The molecule has 2 aromatic rings. The second-order valence-corrected chi connectivity index (χ2v) is 11.1. The first-order chi connectivity index (χ1) is 15.2. The SMILES string of the molecule is CSc1ccc(C(=O)C(C)C(C)c2cc(C)c(OC(C)(C)C(=O)OC(C)(C)C)c(C)c2)cc1. The van der Waals surface area contributed by atoms with Crippen molar-refractivity contribution < 1.29 is 19.1 Å². The Morgan fingerprint density at radius 2 is 1.42 bits per heavy atom. The topological polar surface area (TPSA) is 52.6 Å². The lowest BCUT2D eigenvalue weighted by Gasteiger charge is -2.30. The van der Waals surface area contributed by atoms with Crippen molar-refractivity contribution >= 4 is 23.5 Å². The summed E-state index contributed by atoms with van der Waals surface area (Å²) in [5, 5.41) is 0. The summed E-state index contributed by atoms with van der Waals surface area (Å²) in [5.74, 6) is 0.264. The van der Waals surface area contributed by atoms with Crippen molar-refractivity contribution in [1.29, 1.82) is 0 Å². The van der Waals surface area contributed by atoms with E-state index in [1.807, 2.05) is 72.1 Å². The highest BCUT2D eigenvalue weighted by Crippen LogP contribution is 2.35. The number of carbonyl (C=O) groups is 2. The minimum Gasteiger partial charge on any atom is -0.476 e. The number of carbonyl (C=O) groups excluding carboxylic acids is 2. The predicted octanol–water partition coefficient (Wildman–Crippen LogP) is 7.15. The normalized spacial score (nSPS) is 13.9. The number of esters is 1. The fraction of sp³-hybridized carbons (Fsp3) is 0.500. The Hall–Kier alpha value is -2.27. The van der Waals surface area contributed by atoms with Crippen LogP contribution in [-0.4, -0.2) is 29.2 Å². The summed E-state index contributed by atoms with van der Waals surface area (Å²) >= 11 is 1.66. The molecule has 0 N–H and O–H groups in total. The number of thioether (sulfide) groups is 1. The van der Waals surface area contributed by atoms with E-state index in [4.69, 9.17) is 9.47 Å². The van der Waals surface area contributed by atoms with Crippen molar-refractivity contribution in [3.05, 3.63) is 58.7 Å². The third-order valence-corrected chi connectivity index (χ3v) is 6.54. The summed E-state index contributed by atoms with van der Waals surface area (Å²) < 4.78 is 11.7. The van der Waals surface area contributed by atoms with Crippen LogP contribution in [0.15, 0.2) is 41.3 Å². The first-order valence-electron chi connectivity index (χ1n) is 11.4. The van der Waals surface area contributed by atoms with Crippen molar-refractivity contribution in [2.45, 2.75) is 84.3 Å². The molecular formula is C28H38O4S. The highest BCUT2D eigenvalue weighted by Gasteiger charge is 2.35. The van der Waals surface area contributed by atoms with Gasteiger partial charge >= 0.3 is 5.97 Å². The summed E-state index contributed by atoms with van der Waals surface area (Å²) in [6, 6.07) is 11.9. The minimum atomic E-state index is -1.12. The van der Waals surface area contributed by atoms with Gasteiger partial charge in [0.1, 0.15) is 11.4 Å². The van der Waals surface area contributed by atoms with E-state index in [0.29, 0.717) is 5.75 Å². The van der Waals surface area contributed by atoms with Gasteiger partial charge in [-0.1, -0.05) is 38.1 Å². The molecule has 0 aliphatic carbocycles. The lowest BCUT2D eigenvalue weighted by molar-refractivity contribution is -0.171. The zero-order chi connectivity index (χ0) is 25.1. The van der Waals surface area contributed by atoms with E-state index in [1.165, 1.54) is 0 Å². The third-order valence-electron chi connectivity index (χ3n) is 5.79. The number of hydrogen-bond donors (Lipinski definition) is 0. The van der Waals surface area contributed by atoms with E-state index in [9.17, 15) is 9.59 Å². The molecule has 0 fully saturated rings. The van der Waals surface area contributed by atoms with Crippen molar-refractivity contribution in [2.75, 3.05) is 6.26 Å². The van der Waals surface area contributed by atoms with Crippen molar-refractivity contribution in [3.8, 4) is 5.75 Å². The number of benzene rings is 2. The molecule has 2 rings (SSSR count). The van der Waals surface area contributed by atoms with Gasteiger partial charge in [0, 0.05) is 16.4 Å². The van der Waals surface area contributed by atoms with Gasteiger partial charge in [-0.25, -0.2) is 4.79 Å². The van der Waals surface area contributed by atoms with Gasteiger partial charge in [-0.05, 0) is 89.5 Å². The Morgan fingerprint density at radius 3 is 1.88 bits per heavy atom. The van der Waals surface area contributed by atoms with Crippen LogP contribution in [0.1, 0.15) is 81.4 Å². The van der Waals surface area contributed by atoms with Crippen LogP contribution in [0, 0.1) is 19.8 Å². The highest BCUT2D eigenvalue weighted by molar-refractivity contribution is 7.98. The number of Topliss-reactive ketones (excluding diaryl/α,β-unsaturated/α-hetero) is 1. The molecular weight excluding hydrogens is 432 g/mol. The van der Waals surface area contributed by atoms with E-state index in [2.05, 4.69) is 19.1 Å². The molecule has 0 heterocycles. The van der Waals surface area contributed by atoms with Crippen molar-refractivity contribution in [2.24, 2.45) is 5.92 Å². The van der Waals surface area contributed by atoms with Crippen LogP contribution in [-0.2, 0) is 9.53 Å². The van der Waals surface area contributed by atoms with Gasteiger partial charge in [-0.3, -0.25) is 4.79 Å². The van der Waals surface area contributed by atoms with Crippen molar-refractivity contribution in [1.82, 2.24) is 0 Å². The molecule has 4 nitrogen and oxygen atoms in total. The Labute approximate surface area is 203 Å². The number of aryl methyl sites for hydroxylation is 2. The van der Waals surface area contributed by atoms with Crippen LogP contribution in [0.25, 0.3) is 0 Å². The van der Waals surface area contributed by atoms with Crippen LogP contribution in [0.5, 0.6) is 5.75 Å². The maximum Gasteiger partial charge on any atom is 0.350 e. The van der Waals surface area contributed by atoms with Crippen LogP contribution in [0.2, 0.25) is 0 Å². The van der Waals surface area contributed by atoms with E-state index in [-0.39, 0.29) is 17.6 Å². The fourth-order valence-electron chi connectivity index (χ4n) is 3.64. The molecule has 33 heavy (non-hydrogen) atoms. The Kier molecular flexibility index (Phi) is 8.45. The molecule has 180 valence electrons. The highest BCUT2D eigenvalue weighted by atomic mass is 32.2. The largest absolute Gasteiger partial charge is 0.476 e. The Bertz CT molecular complexity index is 977. The lowest BCUT2D eigenvalue weighted by Crippen LogP contribution is -2.43. The fourth-order valence-corrected chi connectivity index (χ4v) is 4.05. The van der Waals surface area contributed by atoms with Gasteiger partial charge in [0.15, 0.2) is 11.4 Å². The Morgan fingerprint density at radius 1 is 0.909 bits per heavy atom. The first kappa shape index (κ1) is 27.0.